The molecule has 0 atom stereocenters. The third-order valence-electron chi connectivity index (χ3n) is 2.67. The van der Waals surface area contributed by atoms with Gasteiger partial charge in [0.2, 0.25) is 5.78 Å². The minimum Gasteiger partial charge on any atom is -0.495 e. The van der Waals surface area contributed by atoms with Crippen molar-refractivity contribution in [3.8, 4) is 11.5 Å². The summed E-state index contributed by atoms with van der Waals surface area (Å²) in [4.78, 5) is 16.7. The Hall–Kier alpha value is -1.40. The highest BCUT2D eigenvalue weighted by Gasteiger charge is 2.25. The molecule has 0 aliphatic carbocycles. The zero-order valence-corrected chi connectivity index (χ0v) is 14.0. The first kappa shape index (κ1) is 15.0. The highest BCUT2D eigenvalue weighted by Crippen LogP contribution is 2.42. The Kier molecular flexibility index (Phi) is 4.77. The van der Waals surface area contributed by atoms with Crippen LogP contribution in [-0.4, -0.2) is 25.0 Å². The van der Waals surface area contributed by atoms with Crippen LogP contribution >= 0.6 is 31.9 Å². The maximum atomic E-state index is 12.6. The number of rotatable bonds is 4. The number of benzene rings is 1. The van der Waals surface area contributed by atoms with Crippen molar-refractivity contribution in [2.45, 2.75) is 0 Å². The predicted molar refractivity (Wildman–Crippen MR) is 82.6 cm³/mol. The van der Waals surface area contributed by atoms with Gasteiger partial charge in [-0.25, -0.2) is 0 Å². The van der Waals surface area contributed by atoms with Gasteiger partial charge in [-0.05, 0) is 50.1 Å². The summed E-state index contributed by atoms with van der Waals surface area (Å²) in [6, 6.07) is 6.93. The summed E-state index contributed by atoms with van der Waals surface area (Å²) >= 11 is 6.76. The second kappa shape index (κ2) is 6.37. The van der Waals surface area contributed by atoms with Crippen molar-refractivity contribution < 1.29 is 14.3 Å². The van der Waals surface area contributed by atoms with E-state index < -0.39 is 0 Å². The van der Waals surface area contributed by atoms with Gasteiger partial charge in [0.15, 0.2) is 0 Å². The zero-order valence-electron chi connectivity index (χ0n) is 10.8. The fourth-order valence-electron chi connectivity index (χ4n) is 1.81. The van der Waals surface area contributed by atoms with E-state index in [1.165, 1.54) is 14.2 Å². The fraction of sp³-hybridized carbons (Fsp3) is 0.143. The number of methoxy groups -OCH3 is 2. The number of pyridine rings is 1. The number of carbonyl (C=O) groups is 1. The van der Waals surface area contributed by atoms with Crippen molar-refractivity contribution in [2.24, 2.45) is 0 Å². The average molecular weight is 401 g/mol. The molecular formula is C14H11Br2NO3. The van der Waals surface area contributed by atoms with Crippen LogP contribution in [0.1, 0.15) is 16.1 Å². The molecule has 0 saturated heterocycles. The third-order valence-corrected chi connectivity index (χ3v) is 3.85. The molecule has 0 spiro atoms. The molecule has 2 aromatic rings. The van der Waals surface area contributed by atoms with Crippen LogP contribution in [0.3, 0.4) is 0 Å². The van der Waals surface area contributed by atoms with Gasteiger partial charge in [0.05, 0.1) is 23.2 Å². The molecule has 4 nitrogen and oxygen atoms in total. The summed E-state index contributed by atoms with van der Waals surface area (Å²) in [7, 11) is 3.01. The van der Waals surface area contributed by atoms with Gasteiger partial charge in [0, 0.05) is 6.20 Å². The largest absolute Gasteiger partial charge is 0.495 e. The first-order chi connectivity index (χ1) is 9.60. The van der Waals surface area contributed by atoms with Crippen molar-refractivity contribution >= 4 is 37.6 Å². The average Bonchev–Trinajstić information content (AvgIpc) is 2.46. The van der Waals surface area contributed by atoms with Gasteiger partial charge in [0.1, 0.15) is 22.8 Å². The van der Waals surface area contributed by atoms with Crippen LogP contribution in [0.25, 0.3) is 0 Å². The minimum atomic E-state index is -0.263. The number of ketones is 1. The Morgan fingerprint density at radius 2 is 1.70 bits per heavy atom. The monoisotopic (exact) mass is 399 g/mol. The van der Waals surface area contributed by atoms with E-state index in [1.54, 1.807) is 30.5 Å². The SMILES string of the molecule is COc1c(Br)cc(Br)c(OC)c1C(=O)c1ccccn1. The number of hydrogen-bond acceptors (Lipinski definition) is 4. The summed E-state index contributed by atoms with van der Waals surface area (Å²) < 4.78 is 12.0. The standard InChI is InChI=1S/C14H11Br2NO3/c1-19-13-8(15)7-9(16)14(20-2)11(13)12(18)10-5-3-4-6-17-10/h3-7H,1-2H3. The number of halogens is 2. The summed E-state index contributed by atoms with van der Waals surface area (Å²) in [5, 5.41) is 0. The number of carbonyl (C=O) groups excluding carboxylic acids is 1. The van der Waals surface area contributed by atoms with Gasteiger partial charge in [-0.1, -0.05) is 6.07 Å². The van der Waals surface area contributed by atoms with Crippen LogP contribution in [0.5, 0.6) is 11.5 Å². The molecule has 0 fully saturated rings. The molecule has 20 heavy (non-hydrogen) atoms. The Bertz CT molecular complexity index is 616. The Morgan fingerprint density at radius 1 is 1.10 bits per heavy atom. The lowest BCUT2D eigenvalue weighted by Gasteiger charge is -2.15. The lowest BCUT2D eigenvalue weighted by Crippen LogP contribution is -2.09. The lowest BCUT2D eigenvalue weighted by atomic mass is 10.1. The molecule has 0 bridgehead atoms. The van der Waals surface area contributed by atoms with Crippen LogP contribution in [0.2, 0.25) is 0 Å². The highest BCUT2D eigenvalue weighted by molar-refractivity contribution is 9.11. The minimum absolute atomic E-state index is 0.263. The van der Waals surface area contributed by atoms with Crippen molar-refractivity contribution in [3.63, 3.8) is 0 Å². The van der Waals surface area contributed by atoms with E-state index in [9.17, 15) is 4.79 Å². The molecule has 0 unspecified atom stereocenters. The summed E-state index contributed by atoms with van der Waals surface area (Å²) in [5.41, 5.74) is 0.657. The van der Waals surface area contributed by atoms with E-state index in [0.717, 1.165) is 0 Å². The lowest BCUT2D eigenvalue weighted by molar-refractivity contribution is 0.102. The van der Waals surface area contributed by atoms with Crippen LogP contribution in [0.15, 0.2) is 39.4 Å². The number of aromatic nitrogens is 1. The van der Waals surface area contributed by atoms with Gasteiger partial charge < -0.3 is 9.47 Å². The molecule has 1 aromatic carbocycles. The van der Waals surface area contributed by atoms with Crippen LogP contribution in [-0.2, 0) is 0 Å². The second-order valence-corrected chi connectivity index (χ2v) is 5.53. The molecule has 0 radical (unpaired) electrons. The molecule has 0 N–H and O–H groups in total. The maximum Gasteiger partial charge on any atom is 0.218 e. The Labute approximate surface area is 133 Å². The predicted octanol–water partition coefficient (Wildman–Crippen LogP) is 3.85. The van der Waals surface area contributed by atoms with Crippen LogP contribution < -0.4 is 9.47 Å². The molecule has 2 rings (SSSR count). The van der Waals surface area contributed by atoms with E-state index in [-0.39, 0.29) is 5.78 Å². The molecule has 0 aliphatic rings. The van der Waals surface area contributed by atoms with E-state index >= 15 is 0 Å². The first-order valence-corrected chi connectivity index (χ1v) is 7.24. The van der Waals surface area contributed by atoms with Gasteiger partial charge in [0.25, 0.3) is 0 Å². The van der Waals surface area contributed by atoms with Crippen molar-refractivity contribution in [3.05, 3.63) is 50.7 Å². The van der Waals surface area contributed by atoms with E-state index in [2.05, 4.69) is 36.8 Å². The second-order valence-electron chi connectivity index (χ2n) is 3.83. The zero-order chi connectivity index (χ0) is 14.7. The van der Waals surface area contributed by atoms with Gasteiger partial charge in [-0.2, -0.15) is 0 Å². The maximum absolute atomic E-state index is 12.6. The highest BCUT2D eigenvalue weighted by atomic mass is 79.9. The molecular weight excluding hydrogens is 390 g/mol. The summed E-state index contributed by atoms with van der Waals surface area (Å²) in [5.74, 6) is 0.572. The number of nitrogens with zero attached hydrogens (tertiary/aromatic N) is 1. The van der Waals surface area contributed by atoms with E-state index in [4.69, 9.17) is 9.47 Å². The number of hydrogen-bond donors (Lipinski definition) is 0. The smallest absolute Gasteiger partial charge is 0.218 e. The Morgan fingerprint density at radius 3 is 2.15 bits per heavy atom. The van der Waals surface area contributed by atoms with Gasteiger partial charge in [-0.3, -0.25) is 9.78 Å². The van der Waals surface area contributed by atoms with Crippen LogP contribution in [0.4, 0.5) is 0 Å². The van der Waals surface area contributed by atoms with Crippen molar-refractivity contribution in [1.29, 1.82) is 0 Å². The topological polar surface area (TPSA) is 48.4 Å². The summed E-state index contributed by atoms with van der Waals surface area (Å²) in [6.07, 6.45) is 1.57. The van der Waals surface area contributed by atoms with Crippen LogP contribution in [0, 0.1) is 0 Å². The summed E-state index contributed by atoms with van der Waals surface area (Å²) in [6.45, 7) is 0. The molecule has 1 aromatic heterocycles. The molecule has 0 aliphatic heterocycles. The quantitative estimate of drug-likeness (QED) is 0.731. The van der Waals surface area contributed by atoms with Gasteiger partial charge >= 0.3 is 0 Å². The van der Waals surface area contributed by atoms with E-state index in [0.29, 0.717) is 31.7 Å². The third kappa shape index (κ3) is 2.71. The molecule has 6 heteroatoms. The normalized spacial score (nSPS) is 10.2. The Balaban J connectivity index is 2.69. The van der Waals surface area contributed by atoms with E-state index in [1.807, 2.05) is 0 Å². The first-order valence-electron chi connectivity index (χ1n) is 5.65. The van der Waals surface area contributed by atoms with Crippen molar-refractivity contribution in [1.82, 2.24) is 4.98 Å². The fourth-order valence-corrected chi connectivity index (χ4v) is 3.30. The molecule has 0 amide bonds. The van der Waals surface area contributed by atoms with Crippen molar-refractivity contribution in [2.75, 3.05) is 14.2 Å². The van der Waals surface area contributed by atoms with Gasteiger partial charge in [-0.15, -0.1) is 0 Å². The molecule has 1 heterocycles. The molecule has 104 valence electrons. The molecule has 0 saturated carbocycles. The number of ether oxygens (including phenoxy) is 2.